The van der Waals surface area contributed by atoms with Crippen molar-refractivity contribution in [2.45, 2.75) is 19.9 Å². The fraction of sp³-hybridized carbons (Fsp3) is 0.235. The molecule has 0 aliphatic rings. The molecule has 120 valence electrons. The third kappa shape index (κ3) is 4.54. The van der Waals surface area contributed by atoms with E-state index in [0.29, 0.717) is 5.56 Å². The van der Waals surface area contributed by atoms with Gasteiger partial charge in [0.05, 0.1) is 6.04 Å². The van der Waals surface area contributed by atoms with Gasteiger partial charge in [-0.2, -0.15) is 0 Å². The highest BCUT2D eigenvalue weighted by Crippen LogP contribution is 2.11. The summed E-state index contributed by atoms with van der Waals surface area (Å²) in [6, 6.07) is 10.7. The van der Waals surface area contributed by atoms with Gasteiger partial charge in [-0.05, 0) is 25.5 Å². The van der Waals surface area contributed by atoms with Crippen LogP contribution < -0.4 is 5.32 Å². The van der Waals surface area contributed by atoms with Crippen molar-refractivity contribution in [1.82, 2.24) is 10.3 Å². The Labute approximate surface area is 133 Å². The zero-order valence-electron chi connectivity index (χ0n) is 13.0. The third-order valence-corrected chi connectivity index (χ3v) is 3.32. The lowest BCUT2D eigenvalue weighted by atomic mass is 10.1. The fourth-order valence-electron chi connectivity index (χ4n) is 2.03. The Bertz CT molecular complexity index is 706. The Kier molecular flexibility index (Phi) is 5.30. The number of aromatic nitrogens is 1. The first-order valence-electron chi connectivity index (χ1n) is 7.18. The van der Waals surface area contributed by atoms with Crippen LogP contribution in [-0.4, -0.2) is 29.3 Å². The van der Waals surface area contributed by atoms with Crippen LogP contribution in [0, 0.1) is 0 Å². The van der Waals surface area contributed by atoms with E-state index in [-0.39, 0.29) is 24.1 Å². The summed E-state index contributed by atoms with van der Waals surface area (Å²) in [6.45, 7) is 2.86. The van der Waals surface area contributed by atoms with E-state index in [1.54, 1.807) is 0 Å². The van der Waals surface area contributed by atoms with E-state index >= 15 is 0 Å². The van der Waals surface area contributed by atoms with Gasteiger partial charge in [0.15, 0.2) is 12.4 Å². The quantitative estimate of drug-likeness (QED) is 0.632. The molecule has 0 fully saturated rings. The second kappa shape index (κ2) is 7.40. The summed E-state index contributed by atoms with van der Waals surface area (Å²) in [5, 5.41) is 2.75. The highest BCUT2D eigenvalue weighted by atomic mass is 16.5. The van der Waals surface area contributed by atoms with Gasteiger partial charge < -0.3 is 15.0 Å². The van der Waals surface area contributed by atoms with Crippen LogP contribution in [0.25, 0.3) is 0 Å². The van der Waals surface area contributed by atoms with E-state index in [1.165, 1.54) is 19.2 Å². The van der Waals surface area contributed by atoms with Gasteiger partial charge in [-0.1, -0.05) is 30.3 Å². The van der Waals surface area contributed by atoms with Crippen molar-refractivity contribution in [3.8, 4) is 0 Å². The van der Waals surface area contributed by atoms with E-state index < -0.39 is 11.9 Å². The topological polar surface area (TPSA) is 88.3 Å². The zero-order valence-corrected chi connectivity index (χ0v) is 13.0. The average Bonchev–Trinajstić information content (AvgIpc) is 3.03. The Morgan fingerprint density at radius 1 is 1.22 bits per heavy atom. The van der Waals surface area contributed by atoms with Gasteiger partial charge in [-0.25, -0.2) is 4.79 Å². The van der Waals surface area contributed by atoms with Crippen molar-refractivity contribution in [2.75, 3.05) is 6.61 Å². The largest absolute Gasteiger partial charge is 0.451 e. The highest BCUT2D eigenvalue weighted by Gasteiger charge is 2.15. The molecule has 1 heterocycles. The van der Waals surface area contributed by atoms with Gasteiger partial charge in [0.2, 0.25) is 0 Å². The number of nitrogens with one attached hydrogen (secondary N) is 2. The van der Waals surface area contributed by atoms with Crippen LogP contribution in [0.1, 0.15) is 46.3 Å². The summed E-state index contributed by atoms with van der Waals surface area (Å²) in [6.07, 6.45) is 1.43. The van der Waals surface area contributed by atoms with Crippen LogP contribution in [0.5, 0.6) is 0 Å². The Morgan fingerprint density at radius 3 is 2.52 bits per heavy atom. The number of carbonyl (C=O) groups is 3. The number of esters is 1. The Morgan fingerprint density at radius 2 is 1.91 bits per heavy atom. The van der Waals surface area contributed by atoms with Crippen molar-refractivity contribution in [3.63, 3.8) is 0 Å². The minimum atomic E-state index is -0.681. The molecule has 0 bridgehead atoms. The molecule has 6 nitrogen and oxygen atoms in total. The second-order valence-electron chi connectivity index (χ2n) is 5.13. The van der Waals surface area contributed by atoms with Gasteiger partial charge >= 0.3 is 5.97 Å². The third-order valence-electron chi connectivity index (χ3n) is 3.32. The second-order valence-corrected chi connectivity index (χ2v) is 5.13. The molecule has 0 saturated carbocycles. The summed E-state index contributed by atoms with van der Waals surface area (Å²) >= 11 is 0. The molecule has 2 N–H and O–H groups in total. The van der Waals surface area contributed by atoms with E-state index in [2.05, 4.69) is 10.3 Å². The maximum atomic E-state index is 11.8. The van der Waals surface area contributed by atoms with Crippen LogP contribution in [0.15, 0.2) is 42.6 Å². The number of rotatable bonds is 6. The van der Waals surface area contributed by atoms with Gasteiger partial charge in [0.25, 0.3) is 5.91 Å². The predicted octanol–water partition coefficient (Wildman–Crippen LogP) is 2.25. The number of carbonyl (C=O) groups excluding carboxylic acids is 3. The van der Waals surface area contributed by atoms with E-state index in [1.807, 2.05) is 37.3 Å². The predicted molar refractivity (Wildman–Crippen MR) is 84.1 cm³/mol. The minimum Gasteiger partial charge on any atom is -0.451 e. The number of amides is 1. The van der Waals surface area contributed by atoms with Crippen molar-refractivity contribution >= 4 is 17.7 Å². The number of Topliss-reactive ketones (excluding diaryl/α,β-unsaturated/α-hetero) is 1. The number of ether oxygens (including phenoxy) is 1. The zero-order chi connectivity index (χ0) is 16.8. The molecular formula is C17H18N2O4. The number of H-pyrrole nitrogens is 1. The van der Waals surface area contributed by atoms with Gasteiger partial charge in [0.1, 0.15) is 5.69 Å². The SMILES string of the molecule is CC(=O)c1c[nH]c(C(=O)OCC(=O)NC(C)c2ccccc2)c1. The van der Waals surface area contributed by atoms with Gasteiger partial charge in [-0.3, -0.25) is 9.59 Å². The maximum absolute atomic E-state index is 11.8. The van der Waals surface area contributed by atoms with Crippen LogP contribution in [0.3, 0.4) is 0 Å². The normalized spacial score (nSPS) is 11.6. The van der Waals surface area contributed by atoms with Crippen LogP contribution in [0.2, 0.25) is 0 Å². The fourth-order valence-corrected chi connectivity index (χ4v) is 2.03. The Hall–Kier alpha value is -2.89. The molecule has 0 aliphatic carbocycles. The molecule has 1 atom stereocenters. The molecule has 2 rings (SSSR count). The van der Waals surface area contributed by atoms with E-state index in [9.17, 15) is 14.4 Å². The van der Waals surface area contributed by atoms with Gasteiger partial charge in [-0.15, -0.1) is 0 Å². The molecular weight excluding hydrogens is 296 g/mol. The first-order chi connectivity index (χ1) is 11.0. The van der Waals surface area contributed by atoms with Crippen LogP contribution >= 0.6 is 0 Å². The Balaban J connectivity index is 1.84. The van der Waals surface area contributed by atoms with Crippen molar-refractivity contribution in [1.29, 1.82) is 0 Å². The monoisotopic (exact) mass is 314 g/mol. The molecule has 1 aromatic heterocycles. The van der Waals surface area contributed by atoms with Crippen molar-refractivity contribution in [2.24, 2.45) is 0 Å². The number of benzene rings is 1. The van der Waals surface area contributed by atoms with Crippen molar-refractivity contribution in [3.05, 3.63) is 59.4 Å². The van der Waals surface area contributed by atoms with Gasteiger partial charge in [0, 0.05) is 11.8 Å². The lowest BCUT2D eigenvalue weighted by Gasteiger charge is -2.14. The number of aromatic amines is 1. The summed E-state index contributed by atoms with van der Waals surface area (Å²) < 4.78 is 4.93. The highest BCUT2D eigenvalue weighted by molar-refractivity contribution is 5.97. The smallest absolute Gasteiger partial charge is 0.355 e. The number of hydrogen-bond donors (Lipinski definition) is 2. The van der Waals surface area contributed by atoms with Crippen molar-refractivity contribution < 1.29 is 19.1 Å². The average molecular weight is 314 g/mol. The standard InChI is InChI=1S/C17H18N2O4/c1-11(13-6-4-3-5-7-13)19-16(21)10-23-17(22)15-8-14(9-18-15)12(2)20/h3-9,11,18H,10H2,1-2H3,(H,19,21). The summed E-state index contributed by atoms with van der Waals surface area (Å²) in [5.41, 5.74) is 1.49. The molecule has 0 spiro atoms. The summed E-state index contributed by atoms with van der Waals surface area (Å²) in [5.74, 6) is -1.23. The first-order valence-corrected chi connectivity index (χ1v) is 7.18. The van der Waals surface area contributed by atoms with Crippen LogP contribution in [-0.2, 0) is 9.53 Å². The molecule has 2 aromatic rings. The molecule has 1 unspecified atom stereocenters. The maximum Gasteiger partial charge on any atom is 0.355 e. The molecule has 0 radical (unpaired) electrons. The first kappa shape index (κ1) is 16.5. The molecule has 1 amide bonds. The molecule has 6 heteroatoms. The van der Waals surface area contributed by atoms with Crippen LogP contribution in [0.4, 0.5) is 0 Å². The lowest BCUT2D eigenvalue weighted by Crippen LogP contribution is -2.31. The molecule has 1 aromatic carbocycles. The minimum absolute atomic E-state index is 0.138. The summed E-state index contributed by atoms with van der Waals surface area (Å²) in [7, 11) is 0. The summed E-state index contributed by atoms with van der Waals surface area (Å²) in [4.78, 5) is 37.4. The number of ketones is 1. The molecule has 0 saturated heterocycles. The van der Waals surface area contributed by atoms with E-state index in [0.717, 1.165) is 5.56 Å². The molecule has 23 heavy (non-hydrogen) atoms. The number of hydrogen-bond acceptors (Lipinski definition) is 4. The lowest BCUT2D eigenvalue weighted by molar-refractivity contribution is -0.124. The molecule has 0 aliphatic heterocycles. The van der Waals surface area contributed by atoms with E-state index in [4.69, 9.17) is 4.74 Å².